The van der Waals surface area contributed by atoms with Crippen molar-refractivity contribution >= 4 is 0 Å². The first-order chi connectivity index (χ1) is 7.09. The lowest BCUT2D eigenvalue weighted by Gasteiger charge is -2.50. The highest BCUT2D eigenvalue weighted by Crippen LogP contribution is 2.55. The summed E-state index contributed by atoms with van der Waals surface area (Å²) >= 11 is 0. The average Bonchev–Trinajstić information content (AvgIpc) is 2.22. The number of hydrogen-bond acceptors (Lipinski definition) is 1. The maximum atomic E-state index is 9.32. The molecule has 0 unspecified atom stereocenters. The second-order valence-electron chi connectivity index (χ2n) is 5.69. The van der Waals surface area contributed by atoms with Gasteiger partial charge in [-0.3, -0.25) is 0 Å². The zero-order chi connectivity index (χ0) is 11.1. The molecule has 0 spiro atoms. The molecule has 1 nitrogen and oxygen atoms in total. The third kappa shape index (κ3) is 1.51. The summed E-state index contributed by atoms with van der Waals surface area (Å²) < 4.78 is 0. The summed E-state index contributed by atoms with van der Waals surface area (Å²) in [6.45, 7) is 8.84. The molecule has 0 aromatic carbocycles. The first-order valence-corrected chi connectivity index (χ1v) is 6.17. The van der Waals surface area contributed by atoms with E-state index >= 15 is 0 Å². The van der Waals surface area contributed by atoms with Crippen LogP contribution < -0.4 is 0 Å². The second kappa shape index (κ2) is 3.67. The van der Waals surface area contributed by atoms with Gasteiger partial charge in [0.05, 0.1) is 12.0 Å². The van der Waals surface area contributed by atoms with Crippen molar-refractivity contribution in [1.29, 1.82) is 5.26 Å². The lowest BCUT2D eigenvalue weighted by atomic mass is 9.53. The molecular weight excluding hydrogens is 182 g/mol. The van der Waals surface area contributed by atoms with Crippen LogP contribution in [0.3, 0.4) is 0 Å². The van der Waals surface area contributed by atoms with Crippen LogP contribution in [0.4, 0.5) is 0 Å². The molecule has 2 fully saturated rings. The topological polar surface area (TPSA) is 23.8 Å². The van der Waals surface area contributed by atoms with Gasteiger partial charge in [-0.2, -0.15) is 5.26 Å². The van der Waals surface area contributed by atoms with Crippen LogP contribution in [0.2, 0.25) is 0 Å². The Morgan fingerprint density at radius 3 is 2.87 bits per heavy atom. The van der Waals surface area contributed by atoms with E-state index in [1.807, 2.05) is 0 Å². The van der Waals surface area contributed by atoms with Gasteiger partial charge in [0.2, 0.25) is 0 Å². The highest BCUT2D eigenvalue weighted by atomic mass is 14.5. The Bertz CT molecular complexity index is 312. The van der Waals surface area contributed by atoms with Crippen molar-refractivity contribution < 1.29 is 0 Å². The Kier molecular flexibility index (Phi) is 2.63. The highest BCUT2D eigenvalue weighted by molar-refractivity contribution is 5.19. The molecule has 0 bridgehead atoms. The number of nitrogens with zero attached hydrogens (tertiary/aromatic N) is 1. The zero-order valence-corrected chi connectivity index (χ0v) is 9.92. The van der Waals surface area contributed by atoms with E-state index in [0.717, 1.165) is 0 Å². The van der Waals surface area contributed by atoms with Crippen molar-refractivity contribution in [3.8, 4) is 6.07 Å². The fourth-order valence-corrected chi connectivity index (χ4v) is 3.66. The van der Waals surface area contributed by atoms with Crippen LogP contribution in [-0.4, -0.2) is 0 Å². The molecule has 15 heavy (non-hydrogen) atoms. The van der Waals surface area contributed by atoms with E-state index in [2.05, 4.69) is 26.5 Å². The van der Waals surface area contributed by atoms with Crippen molar-refractivity contribution in [3.63, 3.8) is 0 Å². The fraction of sp³-hybridized carbons (Fsp3) is 0.786. The molecule has 0 saturated heterocycles. The van der Waals surface area contributed by atoms with Gasteiger partial charge in [0, 0.05) is 0 Å². The zero-order valence-electron chi connectivity index (χ0n) is 9.92. The van der Waals surface area contributed by atoms with Crippen LogP contribution in [0.1, 0.15) is 46.0 Å². The molecule has 0 aliphatic heterocycles. The standard InChI is InChI=1S/C14H21N/c1-10-7-8-14(3)11(2)5-4-6-13(14)12(10)9-15/h10,12-13H,2,4-8H2,1,3H3/t10-,12-,13-,14-/m0/s1. The summed E-state index contributed by atoms with van der Waals surface area (Å²) in [6, 6.07) is 2.56. The quantitative estimate of drug-likeness (QED) is 0.547. The van der Waals surface area contributed by atoms with Gasteiger partial charge in [-0.05, 0) is 49.4 Å². The van der Waals surface area contributed by atoms with Crippen LogP contribution in [-0.2, 0) is 0 Å². The van der Waals surface area contributed by atoms with E-state index in [-0.39, 0.29) is 11.3 Å². The number of nitriles is 1. The fourth-order valence-electron chi connectivity index (χ4n) is 3.66. The Balaban J connectivity index is 2.31. The molecule has 0 aromatic heterocycles. The third-order valence-electron chi connectivity index (χ3n) is 4.93. The van der Waals surface area contributed by atoms with Gasteiger partial charge in [-0.1, -0.05) is 26.0 Å². The lowest BCUT2D eigenvalue weighted by molar-refractivity contribution is 0.0524. The highest BCUT2D eigenvalue weighted by Gasteiger charge is 2.47. The first-order valence-electron chi connectivity index (χ1n) is 6.17. The van der Waals surface area contributed by atoms with E-state index in [0.29, 0.717) is 11.8 Å². The summed E-state index contributed by atoms with van der Waals surface area (Å²) in [7, 11) is 0. The van der Waals surface area contributed by atoms with Crippen molar-refractivity contribution in [3.05, 3.63) is 12.2 Å². The molecule has 4 atom stereocenters. The first kappa shape index (κ1) is 10.7. The molecule has 0 radical (unpaired) electrons. The van der Waals surface area contributed by atoms with Crippen molar-refractivity contribution in [1.82, 2.24) is 0 Å². The summed E-state index contributed by atoms with van der Waals surface area (Å²) in [6.07, 6.45) is 6.10. The van der Waals surface area contributed by atoms with Gasteiger partial charge in [-0.15, -0.1) is 0 Å². The van der Waals surface area contributed by atoms with Crippen LogP contribution in [0, 0.1) is 34.5 Å². The van der Waals surface area contributed by atoms with Gasteiger partial charge < -0.3 is 0 Å². The molecular formula is C14H21N. The van der Waals surface area contributed by atoms with Gasteiger partial charge in [0.15, 0.2) is 0 Å². The molecule has 2 aliphatic carbocycles. The molecule has 82 valence electrons. The Morgan fingerprint density at radius 2 is 2.20 bits per heavy atom. The Morgan fingerprint density at radius 1 is 1.47 bits per heavy atom. The van der Waals surface area contributed by atoms with Crippen molar-refractivity contribution in [2.24, 2.45) is 23.2 Å². The number of rotatable bonds is 0. The summed E-state index contributed by atoms with van der Waals surface area (Å²) in [5.74, 6) is 1.42. The smallest absolute Gasteiger partial charge is 0.0661 e. The van der Waals surface area contributed by atoms with Gasteiger partial charge in [0.25, 0.3) is 0 Å². The monoisotopic (exact) mass is 203 g/mol. The van der Waals surface area contributed by atoms with E-state index < -0.39 is 0 Å². The summed E-state index contributed by atoms with van der Waals surface area (Å²) in [5, 5.41) is 9.32. The van der Waals surface area contributed by atoms with E-state index in [9.17, 15) is 5.26 Å². The minimum absolute atomic E-state index is 0.265. The predicted molar refractivity (Wildman–Crippen MR) is 62.1 cm³/mol. The van der Waals surface area contributed by atoms with Gasteiger partial charge in [-0.25, -0.2) is 0 Å². The number of allylic oxidation sites excluding steroid dienone is 1. The second-order valence-corrected chi connectivity index (χ2v) is 5.69. The third-order valence-corrected chi connectivity index (χ3v) is 4.93. The van der Waals surface area contributed by atoms with E-state index in [1.54, 1.807) is 0 Å². The maximum Gasteiger partial charge on any atom is 0.0661 e. The molecule has 2 aliphatic rings. The molecule has 0 heterocycles. The normalized spacial score (nSPS) is 45.7. The summed E-state index contributed by atoms with van der Waals surface area (Å²) in [5.41, 5.74) is 1.68. The predicted octanol–water partition coefficient (Wildman–Crippen LogP) is 3.92. The molecule has 2 saturated carbocycles. The molecule has 0 aromatic rings. The Labute approximate surface area is 93.2 Å². The van der Waals surface area contributed by atoms with E-state index in [1.165, 1.54) is 37.7 Å². The van der Waals surface area contributed by atoms with Crippen LogP contribution in [0.15, 0.2) is 12.2 Å². The average molecular weight is 203 g/mol. The van der Waals surface area contributed by atoms with Gasteiger partial charge in [0.1, 0.15) is 0 Å². The van der Waals surface area contributed by atoms with Crippen molar-refractivity contribution in [2.45, 2.75) is 46.0 Å². The van der Waals surface area contributed by atoms with E-state index in [4.69, 9.17) is 0 Å². The van der Waals surface area contributed by atoms with Crippen molar-refractivity contribution in [2.75, 3.05) is 0 Å². The Hall–Kier alpha value is -0.770. The largest absolute Gasteiger partial charge is 0.198 e. The minimum atomic E-state index is 0.265. The lowest BCUT2D eigenvalue weighted by Crippen LogP contribution is -2.43. The molecule has 0 amide bonds. The molecule has 0 N–H and O–H groups in total. The molecule has 1 heteroatoms. The van der Waals surface area contributed by atoms with Gasteiger partial charge >= 0.3 is 0 Å². The number of hydrogen-bond donors (Lipinski definition) is 0. The SMILES string of the molecule is C=C1CCC[C@H]2[C@@H](C#N)[C@@H](C)CC[C@@]12C. The molecule has 2 rings (SSSR count). The van der Waals surface area contributed by atoms with Crippen LogP contribution >= 0.6 is 0 Å². The maximum absolute atomic E-state index is 9.32. The van der Waals surface area contributed by atoms with Crippen LogP contribution in [0.25, 0.3) is 0 Å². The minimum Gasteiger partial charge on any atom is -0.198 e. The van der Waals surface area contributed by atoms with Crippen LogP contribution in [0.5, 0.6) is 0 Å². The summed E-state index contributed by atoms with van der Waals surface area (Å²) in [4.78, 5) is 0. The number of fused-ring (bicyclic) bond motifs is 1.